The summed E-state index contributed by atoms with van der Waals surface area (Å²) in [6, 6.07) is 2.10. The van der Waals surface area contributed by atoms with E-state index in [1.165, 1.54) is 5.56 Å². The first-order chi connectivity index (χ1) is 8.61. The van der Waals surface area contributed by atoms with Gasteiger partial charge >= 0.3 is 0 Å². The molecule has 0 aliphatic carbocycles. The Labute approximate surface area is 121 Å². The first-order valence-electron chi connectivity index (χ1n) is 5.78. The van der Waals surface area contributed by atoms with Gasteiger partial charge in [0.1, 0.15) is 0 Å². The van der Waals surface area contributed by atoms with Crippen molar-refractivity contribution in [1.29, 1.82) is 0 Å². The second-order valence-corrected chi connectivity index (χ2v) is 6.47. The number of aliphatic hydroxyl groups is 1. The van der Waals surface area contributed by atoms with E-state index in [0.717, 1.165) is 10.3 Å². The normalized spacial score (nSPS) is 13.2. The van der Waals surface area contributed by atoms with Crippen molar-refractivity contribution in [2.24, 2.45) is 0 Å². The van der Waals surface area contributed by atoms with Gasteiger partial charge in [-0.15, -0.1) is 11.3 Å². The number of nitrogens with zero attached hydrogens (tertiary/aromatic N) is 1. The van der Waals surface area contributed by atoms with E-state index in [1.54, 1.807) is 18.4 Å². The maximum absolute atomic E-state index is 9.79. The van der Waals surface area contributed by atoms with E-state index in [9.17, 15) is 5.11 Å². The van der Waals surface area contributed by atoms with E-state index in [4.69, 9.17) is 9.47 Å². The first-order valence-corrected chi connectivity index (χ1v) is 7.45. The van der Waals surface area contributed by atoms with Gasteiger partial charge < -0.3 is 14.6 Å². The summed E-state index contributed by atoms with van der Waals surface area (Å²) in [7, 11) is 3.62. The molecule has 1 aromatic heterocycles. The number of thiophene rings is 1. The Morgan fingerprint density at radius 2 is 2.28 bits per heavy atom. The summed E-state index contributed by atoms with van der Waals surface area (Å²) in [6.07, 6.45) is -0.464. The highest BCUT2D eigenvalue weighted by Crippen LogP contribution is 2.21. The van der Waals surface area contributed by atoms with Crippen LogP contribution >= 0.6 is 27.3 Å². The van der Waals surface area contributed by atoms with Crippen LogP contribution in [0.25, 0.3) is 0 Å². The van der Waals surface area contributed by atoms with Crippen LogP contribution in [0.2, 0.25) is 0 Å². The van der Waals surface area contributed by atoms with Crippen molar-refractivity contribution >= 4 is 27.3 Å². The topological polar surface area (TPSA) is 41.9 Å². The van der Waals surface area contributed by atoms with Crippen LogP contribution in [-0.4, -0.2) is 56.6 Å². The smallest absolute Gasteiger partial charge is 0.0900 e. The van der Waals surface area contributed by atoms with E-state index in [-0.39, 0.29) is 0 Å². The molecule has 0 fully saturated rings. The predicted molar refractivity (Wildman–Crippen MR) is 77.1 cm³/mol. The number of methoxy groups -OCH3 is 1. The Hall–Kier alpha value is 0.0200. The van der Waals surface area contributed by atoms with Crippen LogP contribution in [0.15, 0.2) is 15.2 Å². The lowest BCUT2D eigenvalue weighted by Crippen LogP contribution is -2.32. The quantitative estimate of drug-likeness (QED) is 0.699. The van der Waals surface area contributed by atoms with Crippen LogP contribution in [0.1, 0.15) is 5.56 Å². The molecule has 0 aliphatic rings. The zero-order valence-electron chi connectivity index (χ0n) is 10.8. The lowest BCUT2D eigenvalue weighted by molar-refractivity contribution is 0.00162. The average Bonchev–Trinajstić information content (AvgIpc) is 2.70. The highest BCUT2D eigenvalue weighted by atomic mass is 79.9. The van der Waals surface area contributed by atoms with Crippen molar-refractivity contribution in [1.82, 2.24) is 4.90 Å². The van der Waals surface area contributed by atoms with Crippen molar-refractivity contribution in [3.8, 4) is 0 Å². The van der Waals surface area contributed by atoms with Gasteiger partial charge in [0.2, 0.25) is 0 Å². The summed E-state index contributed by atoms with van der Waals surface area (Å²) >= 11 is 5.11. The molecule has 6 heteroatoms. The monoisotopic (exact) mass is 337 g/mol. The molecular weight excluding hydrogens is 318 g/mol. The minimum Gasteiger partial charge on any atom is -0.389 e. The Balaban J connectivity index is 2.16. The number of halogens is 1. The fourth-order valence-electron chi connectivity index (χ4n) is 1.58. The van der Waals surface area contributed by atoms with Crippen molar-refractivity contribution in [3.63, 3.8) is 0 Å². The molecular formula is C12H20BrNO3S. The minimum absolute atomic E-state index is 0.348. The molecule has 0 saturated carbocycles. The fourth-order valence-corrected chi connectivity index (χ4v) is 2.78. The SMILES string of the molecule is COCCOCC(O)CN(C)Cc1csc(Br)c1. The molecule has 0 saturated heterocycles. The molecule has 104 valence electrons. The largest absolute Gasteiger partial charge is 0.389 e. The summed E-state index contributed by atoms with van der Waals surface area (Å²) in [6.45, 7) is 2.86. The predicted octanol–water partition coefficient (Wildman–Crippen LogP) is 1.97. The molecule has 0 aliphatic heterocycles. The van der Waals surface area contributed by atoms with Gasteiger partial charge in [0, 0.05) is 20.2 Å². The average molecular weight is 338 g/mol. The van der Waals surface area contributed by atoms with Crippen molar-refractivity contribution in [2.45, 2.75) is 12.6 Å². The lowest BCUT2D eigenvalue weighted by atomic mass is 10.3. The Bertz CT molecular complexity index is 335. The summed E-state index contributed by atoms with van der Waals surface area (Å²) in [5.41, 5.74) is 1.25. The van der Waals surface area contributed by atoms with Crippen LogP contribution in [0.3, 0.4) is 0 Å². The van der Waals surface area contributed by atoms with E-state index in [1.807, 2.05) is 7.05 Å². The Kier molecular flexibility index (Phi) is 8.05. The van der Waals surface area contributed by atoms with Crippen LogP contribution in [0, 0.1) is 0 Å². The van der Waals surface area contributed by atoms with Crippen LogP contribution in [-0.2, 0) is 16.0 Å². The third kappa shape index (κ3) is 6.82. The second-order valence-electron chi connectivity index (χ2n) is 4.18. The molecule has 0 bridgehead atoms. The van der Waals surface area contributed by atoms with Gasteiger partial charge in [-0.05, 0) is 40.0 Å². The highest BCUT2D eigenvalue weighted by molar-refractivity contribution is 9.11. The van der Waals surface area contributed by atoms with Gasteiger partial charge in [-0.25, -0.2) is 0 Å². The molecule has 1 atom stereocenters. The minimum atomic E-state index is -0.464. The highest BCUT2D eigenvalue weighted by Gasteiger charge is 2.09. The van der Waals surface area contributed by atoms with Gasteiger partial charge in [-0.2, -0.15) is 0 Å². The number of rotatable bonds is 9. The molecule has 0 spiro atoms. The molecule has 1 rings (SSSR count). The number of hydrogen-bond acceptors (Lipinski definition) is 5. The zero-order valence-corrected chi connectivity index (χ0v) is 13.2. The molecule has 4 nitrogen and oxygen atoms in total. The van der Waals surface area contributed by atoms with Crippen LogP contribution in [0.4, 0.5) is 0 Å². The zero-order chi connectivity index (χ0) is 13.4. The van der Waals surface area contributed by atoms with E-state index in [0.29, 0.717) is 26.4 Å². The van der Waals surface area contributed by atoms with Crippen LogP contribution < -0.4 is 0 Å². The van der Waals surface area contributed by atoms with Crippen molar-refractivity contribution in [3.05, 3.63) is 20.8 Å². The third-order valence-electron chi connectivity index (χ3n) is 2.34. The second kappa shape index (κ2) is 9.01. The maximum atomic E-state index is 9.79. The molecule has 1 N–H and O–H groups in total. The summed E-state index contributed by atoms with van der Waals surface area (Å²) in [4.78, 5) is 2.08. The summed E-state index contributed by atoms with van der Waals surface area (Å²) in [5, 5.41) is 11.9. The summed E-state index contributed by atoms with van der Waals surface area (Å²) < 4.78 is 11.3. The number of aliphatic hydroxyl groups excluding tert-OH is 1. The standard InChI is InChI=1S/C12H20BrNO3S/c1-14(6-10-5-12(13)18-9-10)7-11(15)8-17-4-3-16-2/h5,9,11,15H,3-4,6-8H2,1-2H3. The Morgan fingerprint density at radius 1 is 1.50 bits per heavy atom. The lowest BCUT2D eigenvalue weighted by Gasteiger charge is -2.20. The number of hydrogen-bond donors (Lipinski definition) is 1. The maximum Gasteiger partial charge on any atom is 0.0900 e. The molecule has 1 aromatic rings. The van der Waals surface area contributed by atoms with Gasteiger partial charge in [-0.1, -0.05) is 0 Å². The van der Waals surface area contributed by atoms with Gasteiger partial charge in [0.15, 0.2) is 0 Å². The molecule has 18 heavy (non-hydrogen) atoms. The van der Waals surface area contributed by atoms with Crippen LogP contribution in [0.5, 0.6) is 0 Å². The molecule has 0 aromatic carbocycles. The van der Waals surface area contributed by atoms with E-state index < -0.39 is 6.10 Å². The van der Waals surface area contributed by atoms with E-state index in [2.05, 4.69) is 32.3 Å². The van der Waals surface area contributed by atoms with Crippen molar-refractivity contribution < 1.29 is 14.6 Å². The first kappa shape index (κ1) is 16.1. The molecule has 1 heterocycles. The van der Waals surface area contributed by atoms with Gasteiger partial charge in [-0.3, -0.25) is 4.90 Å². The number of likely N-dealkylation sites (N-methyl/N-ethyl adjacent to an activating group) is 1. The summed E-state index contributed by atoms with van der Waals surface area (Å²) in [5.74, 6) is 0. The number of ether oxygens (including phenoxy) is 2. The third-order valence-corrected chi connectivity index (χ3v) is 3.89. The fraction of sp³-hybridized carbons (Fsp3) is 0.667. The Morgan fingerprint density at radius 3 is 2.89 bits per heavy atom. The molecule has 1 unspecified atom stereocenters. The van der Waals surface area contributed by atoms with Crippen molar-refractivity contribution in [2.75, 3.05) is 40.5 Å². The molecule has 0 amide bonds. The van der Waals surface area contributed by atoms with Gasteiger partial charge in [0.25, 0.3) is 0 Å². The molecule has 0 radical (unpaired) electrons. The van der Waals surface area contributed by atoms with Gasteiger partial charge in [0.05, 0.1) is 29.7 Å². The van der Waals surface area contributed by atoms with E-state index >= 15 is 0 Å².